The molecule has 29 heavy (non-hydrogen) atoms. The first kappa shape index (κ1) is 17.5. The standard InChI is InChI=1S/C25H28N2O2/c1-15(25-11-16-8-17(12-25)10-18(9-16)13-25)26-22(28)14-27-21-7-3-5-19-4-2-6-20(23(19)21)24(27)29/h2-7,15-18H,8-14H2,1H3,(H,26,28)/t15-,16?,17?,18?,25?/m0/s1. The second kappa shape index (κ2) is 6.07. The minimum absolute atomic E-state index is 0.0357. The lowest BCUT2D eigenvalue weighted by Gasteiger charge is -2.59. The van der Waals surface area contributed by atoms with E-state index in [4.69, 9.17) is 0 Å². The quantitative estimate of drug-likeness (QED) is 0.837. The number of nitrogens with zero attached hydrogens (tertiary/aromatic N) is 1. The summed E-state index contributed by atoms with van der Waals surface area (Å²) in [7, 11) is 0. The van der Waals surface area contributed by atoms with Crippen LogP contribution in [0.3, 0.4) is 0 Å². The van der Waals surface area contributed by atoms with Crippen molar-refractivity contribution in [3.05, 3.63) is 42.0 Å². The van der Waals surface area contributed by atoms with E-state index in [9.17, 15) is 9.59 Å². The molecule has 0 unspecified atom stereocenters. The van der Waals surface area contributed by atoms with E-state index >= 15 is 0 Å². The zero-order valence-electron chi connectivity index (χ0n) is 17.0. The van der Waals surface area contributed by atoms with Crippen LogP contribution in [0.15, 0.2) is 36.4 Å². The number of benzene rings is 2. The molecule has 0 radical (unpaired) electrons. The first-order valence-corrected chi connectivity index (χ1v) is 11.2. The fourth-order valence-electron chi connectivity index (χ4n) is 7.43. The molecule has 5 aliphatic rings. The molecule has 4 saturated carbocycles. The third-order valence-electron chi connectivity index (χ3n) is 8.33. The summed E-state index contributed by atoms with van der Waals surface area (Å²) in [4.78, 5) is 27.6. The fraction of sp³-hybridized carbons (Fsp3) is 0.520. The molecule has 4 fully saturated rings. The first-order chi connectivity index (χ1) is 14.0. The molecule has 1 aliphatic heterocycles. The van der Waals surface area contributed by atoms with Gasteiger partial charge in [-0.05, 0) is 86.1 Å². The number of carbonyl (C=O) groups excluding carboxylic acids is 2. The number of carbonyl (C=O) groups is 2. The molecule has 1 heterocycles. The molecule has 4 aliphatic carbocycles. The Bertz CT molecular complexity index is 986. The first-order valence-electron chi connectivity index (χ1n) is 11.2. The normalized spacial score (nSPS) is 32.8. The molecule has 1 atom stereocenters. The SMILES string of the molecule is C[C@H](NC(=O)CN1C(=O)c2cccc3cccc1c23)C12CC3CC(CC(C3)C1)C2. The van der Waals surface area contributed by atoms with Gasteiger partial charge in [-0.1, -0.05) is 24.3 Å². The molecule has 4 nitrogen and oxygen atoms in total. The van der Waals surface area contributed by atoms with Gasteiger partial charge in [-0.25, -0.2) is 0 Å². The number of anilines is 1. The Kier molecular flexibility index (Phi) is 3.66. The number of nitrogens with one attached hydrogen (secondary N) is 1. The molecular formula is C25H28N2O2. The van der Waals surface area contributed by atoms with E-state index in [1.54, 1.807) is 4.90 Å². The number of hydrogen-bond acceptors (Lipinski definition) is 2. The minimum Gasteiger partial charge on any atom is -0.352 e. The van der Waals surface area contributed by atoms with Gasteiger partial charge in [0.2, 0.25) is 5.91 Å². The summed E-state index contributed by atoms with van der Waals surface area (Å²) >= 11 is 0. The lowest BCUT2D eigenvalue weighted by Crippen LogP contribution is -2.56. The van der Waals surface area contributed by atoms with Crippen molar-refractivity contribution in [3.63, 3.8) is 0 Å². The Balaban J connectivity index is 1.20. The summed E-state index contributed by atoms with van der Waals surface area (Å²) in [6, 6.07) is 11.9. The summed E-state index contributed by atoms with van der Waals surface area (Å²) in [5, 5.41) is 5.34. The molecule has 4 heteroatoms. The van der Waals surface area contributed by atoms with E-state index < -0.39 is 0 Å². The van der Waals surface area contributed by atoms with Crippen molar-refractivity contribution in [2.45, 2.75) is 51.5 Å². The van der Waals surface area contributed by atoms with Crippen LogP contribution in [0.25, 0.3) is 10.8 Å². The van der Waals surface area contributed by atoms with Crippen LogP contribution in [0.5, 0.6) is 0 Å². The second-order valence-electron chi connectivity index (χ2n) is 10.1. The van der Waals surface area contributed by atoms with Crippen molar-refractivity contribution in [2.24, 2.45) is 23.2 Å². The zero-order valence-corrected chi connectivity index (χ0v) is 17.0. The summed E-state index contributed by atoms with van der Waals surface area (Å²) in [6.07, 6.45) is 8.04. The molecule has 4 bridgehead atoms. The highest BCUT2D eigenvalue weighted by Crippen LogP contribution is 2.61. The van der Waals surface area contributed by atoms with Crippen LogP contribution in [0.4, 0.5) is 5.69 Å². The topological polar surface area (TPSA) is 49.4 Å². The predicted octanol–water partition coefficient (Wildman–Crippen LogP) is 4.52. The summed E-state index contributed by atoms with van der Waals surface area (Å²) < 4.78 is 0. The molecule has 150 valence electrons. The van der Waals surface area contributed by atoms with Gasteiger partial charge in [0.1, 0.15) is 6.54 Å². The highest BCUT2D eigenvalue weighted by Gasteiger charge is 2.53. The predicted molar refractivity (Wildman–Crippen MR) is 114 cm³/mol. The van der Waals surface area contributed by atoms with E-state index in [1.807, 2.05) is 36.4 Å². The smallest absolute Gasteiger partial charge is 0.259 e. The van der Waals surface area contributed by atoms with Crippen molar-refractivity contribution in [1.29, 1.82) is 0 Å². The molecule has 1 N–H and O–H groups in total. The summed E-state index contributed by atoms with van der Waals surface area (Å²) in [5.41, 5.74) is 1.85. The summed E-state index contributed by atoms with van der Waals surface area (Å²) in [5.74, 6) is 2.51. The van der Waals surface area contributed by atoms with Gasteiger partial charge >= 0.3 is 0 Å². The molecule has 2 aromatic rings. The third-order valence-corrected chi connectivity index (χ3v) is 8.33. The van der Waals surface area contributed by atoms with Gasteiger partial charge < -0.3 is 5.32 Å². The number of rotatable bonds is 4. The van der Waals surface area contributed by atoms with Gasteiger partial charge in [0.15, 0.2) is 0 Å². The van der Waals surface area contributed by atoms with Crippen LogP contribution in [0.1, 0.15) is 55.8 Å². The van der Waals surface area contributed by atoms with E-state index in [-0.39, 0.29) is 29.8 Å². The lowest BCUT2D eigenvalue weighted by molar-refractivity contribution is -0.124. The Morgan fingerprint density at radius 2 is 1.69 bits per heavy atom. The fourth-order valence-corrected chi connectivity index (χ4v) is 7.43. The Morgan fingerprint density at radius 1 is 1.07 bits per heavy atom. The molecule has 2 amide bonds. The average Bonchev–Trinajstić information content (AvgIpc) is 2.95. The zero-order chi connectivity index (χ0) is 19.8. The number of hydrogen-bond donors (Lipinski definition) is 1. The molecule has 7 rings (SSSR count). The van der Waals surface area contributed by atoms with Gasteiger partial charge in [-0.15, -0.1) is 0 Å². The maximum atomic E-state index is 13.0. The van der Waals surface area contributed by atoms with Crippen LogP contribution in [0, 0.1) is 23.2 Å². The van der Waals surface area contributed by atoms with Crippen molar-refractivity contribution >= 4 is 28.3 Å². The highest BCUT2D eigenvalue weighted by molar-refractivity contribution is 6.26. The maximum Gasteiger partial charge on any atom is 0.259 e. The van der Waals surface area contributed by atoms with Crippen molar-refractivity contribution in [1.82, 2.24) is 5.32 Å². The van der Waals surface area contributed by atoms with Crippen LogP contribution >= 0.6 is 0 Å². The summed E-state index contributed by atoms with van der Waals surface area (Å²) in [6.45, 7) is 2.30. The van der Waals surface area contributed by atoms with E-state index in [0.717, 1.165) is 34.2 Å². The van der Waals surface area contributed by atoms with Crippen LogP contribution in [-0.2, 0) is 4.79 Å². The largest absolute Gasteiger partial charge is 0.352 e. The van der Waals surface area contributed by atoms with E-state index in [2.05, 4.69) is 12.2 Å². The number of amides is 2. The van der Waals surface area contributed by atoms with E-state index in [0.29, 0.717) is 5.56 Å². The third kappa shape index (κ3) is 2.57. The van der Waals surface area contributed by atoms with Gasteiger partial charge in [0.05, 0.1) is 5.69 Å². The molecule has 0 spiro atoms. The van der Waals surface area contributed by atoms with Gasteiger partial charge in [0.25, 0.3) is 5.91 Å². The van der Waals surface area contributed by atoms with Gasteiger partial charge in [0, 0.05) is 17.0 Å². The minimum atomic E-state index is -0.0607. The van der Waals surface area contributed by atoms with Crippen LogP contribution < -0.4 is 10.2 Å². The molecule has 0 aromatic heterocycles. The Labute approximate surface area is 171 Å². The van der Waals surface area contributed by atoms with Crippen molar-refractivity contribution in [2.75, 3.05) is 11.4 Å². The van der Waals surface area contributed by atoms with Crippen molar-refractivity contribution < 1.29 is 9.59 Å². The molecule has 0 saturated heterocycles. The molecule has 2 aromatic carbocycles. The van der Waals surface area contributed by atoms with Crippen LogP contribution in [-0.4, -0.2) is 24.4 Å². The second-order valence-corrected chi connectivity index (χ2v) is 10.1. The highest BCUT2D eigenvalue weighted by atomic mass is 16.2. The van der Waals surface area contributed by atoms with Gasteiger partial charge in [-0.3, -0.25) is 14.5 Å². The van der Waals surface area contributed by atoms with E-state index in [1.165, 1.54) is 38.5 Å². The molecular weight excluding hydrogens is 360 g/mol. The monoisotopic (exact) mass is 388 g/mol. The van der Waals surface area contributed by atoms with Crippen LogP contribution in [0.2, 0.25) is 0 Å². The maximum absolute atomic E-state index is 13.0. The Hall–Kier alpha value is -2.36. The lowest BCUT2D eigenvalue weighted by atomic mass is 9.48. The van der Waals surface area contributed by atoms with Crippen molar-refractivity contribution in [3.8, 4) is 0 Å². The Morgan fingerprint density at radius 3 is 2.34 bits per heavy atom. The van der Waals surface area contributed by atoms with Gasteiger partial charge in [-0.2, -0.15) is 0 Å². The average molecular weight is 389 g/mol.